The van der Waals surface area contributed by atoms with Gasteiger partial charge in [0.25, 0.3) is 0 Å². The standard InChI is InChI=1S/C6H6N6/c7-3-1-9-6-4(12-3)5(8)10-2-11-6/h1-2H,(H2,7,12)(H2,8,9,10,11). The van der Waals surface area contributed by atoms with Crippen molar-refractivity contribution in [1.82, 2.24) is 19.9 Å². The quantitative estimate of drug-likeness (QED) is 0.545. The molecule has 4 N–H and O–H groups in total. The van der Waals surface area contributed by atoms with E-state index in [0.717, 1.165) is 0 Å². The summed E-state index contributed by atoms with van der Waals surface area (Å²) in [5.74, 6) is 0.601. The molecule has 0 aliphatic rings. The van der Waals surface area contributed by atoms with Gasteiger partial charge in [-0.15, -0.1) is 0 Å². The van der Waals surface area contributed by atoms with Crippen LogP contribution >= 0.6 is 0 Å². The maximum absolute atomic E-state index is 5.52. The Morgan fingerprint density at radius 2 is 1.92 bits per heavy atom. The van der Waals surface area contributed by atoms with Gasteiger partial charge in [0, 0.05) is 0 Å². The van der Waals surface area contributed by atoms with Gasteiger partial charge >= 0.3 is 0 Å². The highest BCUT2D eigenvalue weighted by Crippen LogP contribution is 2.11. The van der Waals surface area contributed by atoms with Crippen molar-refractivity contribution in [2.75, 3.05) is 11.5 Å². The molecule has 6 nitrogen and oxygen atoms in total. The van der Waals surface area contributed by atoms with Crippen molar-refractivity contribution in [2.45, 2.75) is 0 Å². The summed E-state index contributed by atoms with van der Waals surface area (Å²) in [7, 11) is 0. The third-order valence-corrected chi connectivity index (χ3v) is 1.39. The topological polar surface area (TPSA) is 104 Å². The first-order valence-corrected chi connectivity index (χ1v) is 3.26. The van der Waals surface area contributed by atoms with Gasteiger partial charge in [-0.2, -0.15) is 0 Å². The molecule has 6 heteroatoms. The van der Waals surface area contributed by atoms with E-state index in [1.165, 1.54) is 12.5 Å². The SMILES string of the molecule is Nc1cnc2ncnc(N)c2n1. The van der Waals surface area contributed by atoms with Crippen LogP contribution in [-0.2, 0) is 0 Å². The molecule has 0 unspecified atom stereocenters. The summed E-state index contributed by atoms with van der Waals surface area (Å²) in [4.78, 5) is 15.5. The van der Waals surface area contributed by atoms with Crippen molar-refractivity contribution in [3.63, 3.8) is 0 Å². The van der Waals surface area contributed by atoms with E-state index < -0.39 is 0 Å². The summed E-state index contributed by atoms with van der Waals surface area (Å²) in [6.45, 7) is 0. The second-order valence-corrected chi connectivity index (χ2v) is 2.23. The van der Waals surface area contributed by atoms with Crippen molar-refractivity contribution in [2.24, 2.45) is 0 Å². The lowest BCUT2D eigenvalue weighted by molar-refractivity contribution is 1.16. The molecule has 0 saturated carbocycles. The number of nitrogens with two attached hydrogens (primary N) is 2. The lowest BCUT2D eigenvalue weighted by Gasteiger charge is -1.97. The van der Waals surface area contributed by atoms with E-state index in [1.807, 2.05) is 0 Å². The van der Waals surface area contributed by atoms with Gasteiger partial charge in [-0.25, -0.2) is 19.9 Å². The molecular weight excluding hydrogens is 156 g/mol. The molecule has 12 heavy (non-hydrogen) atoms. The van der Waals surface area contributed by atoms with Crippen LogP contribution in [-0.4, -0.2) is 19.9 Å². The van der Waals surface area contributed by atoms with Crippen LogP contribution in [0.2, 0.25) is 0 Å². The molecule has 0 bridgehead atoms. The van der Waals surface area contributed by atoms with Crippen LogP contribution in [0.15, 0.2) is 12.5 Å². The molecule has 2 heterocycles. The first kappa shape index (κ1) is 6.71. The van der Waals surface area contributed by atoms with Crippen LogP contribution in [0.5, 0.6) is 0 Å². The first-order valence-electron chi connectivity index (χ1n) is 3.26. The van der Waals surface area contributed by atoms with Crippen molar-refractivity contribution in [1.29, 1.82) is 0 Å². The van der Waals surface area contributed by atoms with Gasteiger partial charge in [-0.3, -0.25) is 0 Å². The summed E-state index contributed by atoms with van der Waals surface area (Å²) in [6.07, 6.45) is 2.76. The highest BCUT2D eigenvalue weighted by Gasteiger charge is 2.01. The van der Waals surface area contributed by atoms with E-state index in [-0.39, 0.29) is 0 Å². The van der Waals surface area contributed by atoms with Gasteiger partial charge in [0.15, 0.2) is 17.0 Å². The minimum Gasteiger partial charge on any atom is -0.382 e. The zero-order valence-corrected chi connectivity index (χ0v) is 6.10. The Balaban J connectivity index is 2.88. The van der Waals surface area contributed by atoms with E-state index in [9.17, 15) is 0 Å². The maximum Gasteiger partial charge on any atom is 0.183 e. The van der Waals surface area contributed by atoms with Crippen LogP contribution < -0.4 is 11.5 Å². The first-order chi connectivity index (χ1) is 5.77. The third kappa shape index (κ3) is 0.895. The molecule has 0 amide bonds. The van der Waals surface area contributed by atoms with Crippen LogP contribution in [0.3, 0.4) is 0 Å². The van der Waals surface area contributed by atoms with E-state index in [1.54, 1.807) is 0 Å². The monoisotopic (exact) mass is 162 g/mol. The second kappa shape index (κ2) is 2.26. The number of hydrogen-bond acceptors (Lipinski definition) is 6. The number of anilines is 2. The van der Waals surface area contributed by atoms with Crippen LogP contribution in [0.1, 0.15) is 0 Å². The normalized spacial score (nSPS) is 10.3. The minimum absolute atomic E-state index is 0.291. The predicted octanol–water partition coefficient (Wildman–Crippen LogP) is -0.416. The van der Waals surface area contributed by atoms with Crippen molar-refractivity contribution < 1.29 is 0 Å². The Morgan fingerprint density at radius 1 is 1.08 bits per heavy atom. The molecular formula is C6H6N6. The molecule has 0 aromatic carbocycles. The van der Waals surface area contributed by atoms with Crippen molar-refractivity contribution >= 4 is 22.8 Å². The number of fused-ring (bicyclic) bond motifs is 1. The van der Waals surface area contributed by atoms with Crippen LogP contribution in [0, 0.1) is 0 Å². The van der Waals surface area contributed by atoms with Crippen LogP contribution in [0.25, 0.3) is 11.2 Å². The zero-order chi connectivity index (χ0) is 8.55. The second-order valence-electron chi connectivity index (χ2n) is 2.23. The fourth-order valence-electron chi connectivity index (χ4n) is 0.870. The summed E-state index contributed by atoms with van der Waals surface area (Å²) in [6, 6.07) is 0. The summed E-state index contributed by atoms with van der Waals surface area (Å²) >= 11 is 0. The van der Waals surface area contributed by atoms with Crippen molar-refractivity contribution in [3.8, 4) is 0 Å². The van der Waals surface area contributed by atoms with E-state index in [4.69, 9.17) is 11.5 Å². The zero-order valence-electron chi connectivity index (χ0n) is 6.10. The van der Waals surface area contributed by atoms with Gasteiger partial charge in [-0.05, 0) is 0 Å². The third-order valence-electron chi connectivity index (χ3n) is 1.39. The van der Waals surface area contributed by atoms with Gasteiger partial charge in [0.2, 0.25) is 0 Å². The summed E-state index contributed by atoms with van der Waals surface area (Å²) < 4.78 is 0. The summed E-state index contributed by atoms with van der Waals surface area (Å²) in [5, 5.41) is 0. The van der Waals surface area contributed by atoms with Gasteiger partial charge in [0.05, 0.1) is 6.20 Å². The maximum atomic E-state index is 5.52. The molecule has 0 saturated heterocycles. The Labute approximate surface area is 67.7 Å². The van der Waals surface area contributed by atoms with E-state index >= 15 is 0 Å². The number of nitrogen functional groups attached to an aromatic ring is 2. The predicted molar refractivity (Wildman–Crippen MR) is 44.0 cm³/mol. The fourth-order valence-corrected chi connectivity index (χ4v) is 0.870. The molecule has 0 fully saturated rings. The molecule has 0 spiro atoms. The highest BCUT2D eigenvalue weighted by molar-refractivity contribution is 5.81. The van der Waals surface area contributed by atoms with E-state index in [2.05, 4.69) is 19.9 Å². The molecule has 0 aliphatic carbocycles. The number of nitrogens with zero attached hydrogens (tertiary/aromatic N) is 4. The smallest absolute Gasteiger partial charge is 0.183 e. The van der Waals surface area contributed by atoms with Gasteiger partial charge in [-0.1, -0.05) is 0 Å². The summed E-state index contributed by atoms with van der Waals surface area (Å²) in [5.41, 5.74) is 11.8. The molecule has 60 valence electrons. The molecule has 0 atom stereocenters. The molecule has 2 rings (SSSR count). The Bertz CT molecular complexity index is 425. The lowest BCUT2D eigenvalue weighted by atomic mass is 10.5. The Hall–Kier alpha value is -1.98. The molecule has 0 radical (unpaired) electrons. The largest absolute Gasteiger partial charge is 0.382 e. The van der Waals surface area contributed by atoms with Crippen molar-refractivity contribution in [3.05, 3.63) is 12.5 Å². The van der Waals surface area contributed by atoms with Gasteiger partial charge in [0.1, 0.15) is 12.1 Å². The highest BCUT2D eigenvalue weighted by atomic mass is 15.0. The number of aromatic nitrogens is 4. The van der Waals surface area contributed by atoms with Gasteiger partial charge < -0.3 is 11.5 Å². The Kier molecular flexibility index (Phi) is 1.26. The number of hydrogen-bond donors (Lipinski definition) is 2. The molecule has 2 aromatic heterocycles. The minimum atomic E-state index is 0.291. The fraction of sp³-hybridized carbons (Fsp3) is 0. The van der Waals surface area contributed by atoms with Crippen LogP contribution in [0.4, 0.5) is 11.6 Å². The molecule has 2 aromatic rings. The average molecular weight is 162 g/mol. The average Bonchev–Trinajstić information content (AvgIpc) is 2.07. The molecule has 0 aliphatic heterocycles. The number of rotatable bonds is 0. The lowest BCUT2D eigenvalue weighted by Crippen LogP contribution is -1.99. The van der Waals surface area contributed by atoms with E-state index in [0.29, 0.717) is 22.8 Å². The Morgan fingerprint density at radius 3 is 2.75 bits per heavy atom.